The normalized spacial score (nSPS) is 36.6. The van der Waals surface area contributed by atoms with E-state index in [4.69, 9.17) is 14.2 Å². The molecule has 0 radical (unpaired) electrons. The van der Waals surface area contributed by atoms with Crippen molar-refractivity contribution in [1.82, 2.24) is 0 Å². The first kappa shape index (κ1) is 12.9. The smallest absolute Gasteiger partial charge is 0.338 e. The fourth-order valence-electron chi connectivity index (χ4n) is 3.82. The highest BCUT2D eigenvalue weighted by molar-refractivity contribution is 5.92. The maximum absolute atomic E-state index is 12.0. The lowest BCUT2D eigenvalue weighted by molar-refractivity contribution is -0.154. The van der Waals surface area contributed by atoms with Crippen LogP contribution in [0, 0.1) is 5.92 Å². The Balaban J connectivity index is 1.49. The Kier molecular flexibility index (Phi) is 3.01. The van der Waals surface area contributed by atoms with E-state index < -0.39 is 6.29 Å². The zero-order valence-corrected chi connectivity index (χ0v) is 11.8. The highest BCUT2D eigenvalue weighted by Crippen LogP contribution is 2.48. The highest BCUT2D eigenvalue weighted by Gasteiger charge is 2.47. The van der Waals surface area contributed by atoms with E-state index in [1.807, 2.05) is 0 Å². The van der Waals surface area contributed by atoms with Gasteiger partial charge in [0.2, 0.25) is 6.29 Å². The third-order valence-electron chi connectivity index (χ3n) is 4.87. The molecule has 5 nitrogen and oxygen atoms in total. The lowest BCUT2D eigenvalue weighted by Gasteiger charge is -2.17. The molecule has 0 N–H and O–H groups in total. The second-order valence-electron chi connectivity index (χ2n) is 6.14. The molecule has 0 amide bonds. The predicted octanol–water partition coefficient (Wildman–Crippen LogP) is 2.37. The number of fused-ring (bicyclic) bond motifs is 2. The SMILES string of the molecule is O=C1CCC(OC=C2C(=O)OC3C4=C(CCCC4)CC23)O1. The van der Waals surface area contributed by atoms with Gasteiger partial charge in [-0.3, -0.25) is 4.79 Å². The standard InChI is InChI=1S/C16H18O5/c17-13-5-6-14(20-13)19-8-12-11-7-9-3-1-2-4-10(9)15(11)21-16(12)18/h8,11,14-15H,1-7H2. The minimum absolute atomic E-state index is 0.0752. The molecule has 0 saturated carbocycles. The van der Waals surface area contributed by atoms with Gasteiger partial charge in [-0.05, 0) is 37.7 Å². The summed E-state index contributed by atoms with van der Waals surface area (Å²) in [4.78, 5) is 23.1. The van der Waals surface area contributed by atoms with Crippen LogP contribution in [0.5, 0.6) is 0 Å². The minimum atomic E-state index is -0.555. The molecule has 0 aromatic rings. The van der Waals surface area contributed by atoms with Crippen molar-refractivity contribution < 1.29 is 23.8 Å². The molecule has 2 fully saturated rings. The monoisotopic (exact) mass is 290 g/mol. The highest BCUT2D eigenvalue weighted by atomic mass is 16.7. The summed E-state index contributed by atoms with van der Waals surface area (Å²) in [6.07, 6.45) is 7.27. The van der Waals surface area contributed by atoms with E-state index in [0.717, 1.165) is 19.3 Å². The van der Waals surface area contributed by atoms with E-state index in [-0.39, 0.29) is 24.0 Å². The molecular formula is C16H18O5. The zero-order chi connectivity index (χ0) is 14.4. The molecular weight excluding hydrogens is 272 g/mol. The predicted molar refractivity (Wildman–Crippen MR) is 71.8 cm³/mol. The maximum Gasteiger partial charge on any atom is 0.338 e. The molecule has 0 aromatic heterocycles. The van der Waals surface area contributed by atoms with Gasteiger partial charge in [-0.15, -0.1) is 0 Å². The van der Waals surface area contributed by atoms with Gasteiger partial charge in [0.25, 0.3) is 0 Å². The molecule has 5 heteroatoms. The Morgan fingerprint density at radius 1 is 1.10 bits per heavy atom. The maximum atomic E-state index is 12.0. The van der Waals surface area contributed by atoms with Crippen molar-refractivity contribution >= 4 is 11.9 Å². The van der Waals surface area contributed by atoms with Crippen molar-refractivity contribution in [3.8, 4) is 0 Å². The van der Waals surface area contributed by atoms with Crippen molar-refractivity contribution in [2.45, 2.75) is 57.3 Å². The van der Waals surface area contributed by atoms with Gasteiger partial charge >= 0.3 is 11.9 Å². The molecule has 2 aliphatic heterocycles. The number of hydrogen-bond acceptors (Lipinski definition) is 5. The van der Waals surface area contributed by atoms with Gasteiger partial charge in [0.15, 0.2) is 0 Å². The quantitative estimate of drug-likeness (QED) is 0.338. The van der Waals surface area contributed by atoms with Gasteiger partial charge in [-0.2, -0.15) is 0 Å². The number of cyclic esters (lactones) is 1. The summed E-state index contributed by atoms with van der Waals surface area (Å²) in [6.45, 7) is 0. The van der Waals surface area contributed by atoms with Crippen LogP contribution in [0.1, 0.15) is 44.9 Å². The number of rotatable bonds is 2. The van der Waals surface area contributed by atoms with Crippen molar-refractivity contribution in [2.24, 2.45) is 5.92 Å². The summed E-state index contributed by atoms with van der Waals surface area (Å²) in [5.41, 5.74) is 3.41. The number of carbonyl (C=O) groups is 2. The molecule has 112 valence electrons. The number of ether oxygens (including phenoxy) is 3. The van der Waals surface area contributed by atoms with Crippen molar-refractivity contribution in [3.05, 3.63) is 23.0 Å². The van der Waals surface area contributed by atoms with Crippen LogP contribution in [-0.2, 0) is 23.8 Å². The van der Waals surface area contributed by atoms with Crippen LogP contribution in [0.15, 0.2) is 23.0 Å². The van der Waals surface area contributed by atoms with Crippen LogP contribution in [0.25, 0.3) is 0 Å². The molecule has 3 atom stereocenters. The Labute approximate surface area is 122 Å². The van der Waals surface area contributed by atoms with Gasteiger partial charge in [0, 0.05) is 12.3 Å². The Morgan fingerprint density at radius 3 is 2.76 bits per heavy atom. The molecule has 4 aliphatic rings. The summed E-state index contributed by atoms with van der Waals surface area (Å²) in [5, 5.41) is 0. The van der Waals surface area contributed by atoms with Crippen LogP contribution in [0.2, 0.25) is 0 Å². The van der Waals surface area contributed by atoms with Crippen LogP contribution >= 0.6 is 0 Å². The molecule has 2 heterocycles. The van der Waals surface area contributed by atoms with E-state index >= 15 is 0 Å². The van der Waals surface area contributed by atoms with E-state index in [1.165, 1.54) is 30.2 Å². The van der Waals surface area contributed by atoms with E-state index in [9.17, 15) is 9.59 Å². The second-order valence-corrected chi connectivity index (χ2v) is 6.14. The molecule has 0 aromatic carbocycles. The van der Waals surface area contributed by atoms with Gasteiger partial charge < -0.3 is 14.2 Å². The fourth-order valence-corrected chi connectivity index (χ4v) is 3.82. The molecule has 2 saturated heterocycles. The third kappa shape index (κ3) is 2.15. The molecule has 4 rings (SSSR count). The summed E-state index contributed by atoms with van der Waals surface area (Å²) in [7, 11) is 0. The Morgan fingerprint density at radius 2 is 1.95 bits per heavy atom. The van der Waals surface area contributed by atoms with E-state index in [2.05, 4.69) is 0 Å². The Bertz CT molecular complexity index is 559. The summed E-state index contributed by atoms with van der Waals surface area (Å²) in [6, 6.07) is 0. The van der Waals surface area contributed by atoms with Gasteiger partial charge in [-0.1, -0.05) is 5.57 Å². The number of allylic oxidation sites excluding steroid dienone is 1. The van der Waals surface area contributed by atoms with Gasteiger partial charge in [0.05, 0.1) is 18.3 Å². The summed E-state index contributed by atoms with van der Waals surface area (Å²) >= 11 is 0. The largest absolute Gasteiger partial charge is 0.462 e. The summed E-state index contributed by atoms with van der Waals surface area (Å²) in [5.74, 6) is -0.438. The number of carbonyl (C=O) groups excluding carboxylic acids is 2. The van der Waals surface area contributed by atoms with E-state index in [1.54, 1.807) is 0 Å². The first-order chi connectivity index (χ1) is 10.2. The first-order valence-corrected chi connectivity index (χ1v) is 7.69. The molecule has 2 aliphatic carbocycles. The van der Waals surface area contributed by atoms with Crippen LogP contribution in [0.3, 0.4) is 0 Å². The van der Waals surface area contributed by atoms with Gasteiger partial charge in [0.1, 0.15) is 6.10 Å². The minimum Gasteiger partial charge on any atom is -0.462 e. The van der Waals surface area contributed by atoms with Crippen LogP contribution in [-0.4, -0.2) is 24.3 Å². The molecule has 21 heavy (non-hydrogen) atoms. The Hall–Kier alpha value is -1.78. The summed E-state index contributed by atoms with van der Waals surface area (Å²) < 4.78 is 16.0. The van der Waals surface area contributed by atoms with Crippen LogP contribution < -0.4 is 0 Å². The number of esters is 2. The average molecular weight is 290 g/mol. The molecule has 0 spiro atoms. The lowest BCUT2D eigenvalue weighted by atomic mass is 9.93. The first-order valence-electron chi connectivity index (χ1n) is 7.69. The third-order valence-corrected chi connectivity index (χ3v) is 4.87. The second kappa shape index (κ2) is 4.90. The lowest BCUT2D eigenvalue weighted by Crippen LogP contribution is -2.14. The number of hydrogen-bond donors (Lipinski definition) is 0. The zero-order valence-electron chi connectivity index (χ0n) is 11.8. The van der Waals surface area contributed by atoms with Crippen molar-refractivity contribution in [1.29, 1.82) is 0 Å². The fraction of sp³-hybridized carbons (Fsp3) is 0.625. The molecule has 3 unspecified atom stereocenters. The van der Waals surface area contributed by atoms with Crippen LogP contribution in [0.4, 0.5) is 0 Å². The topological polar surface area (TPSA) is 61.8 Å². The van der Waals surface area contributed by atoms with E-state index in [0.29, 0.717) is 18.4 Å². The average Bonchev–Trinajstić information content (AvgIpc) is 3.11. The van der Waals surface area contributed by atoms with Crippen molar-refractivity contribution in [2.75, 3.05) is 0 Å². The van der Waals surface area contributed by atoms with Gasteiger partial charge in [-0.25, -0.2) is 4.79 Å². The molecule has 0 bridgehead atoms. The van der Waals surface area contributed by atoms with Crippen molar-refractivity contribution in [3.63, 3.8) is 0 Å².